The topological polar surface area (TPSA) is 69.6 Å². The van der Waals surface area contributed by atoms with Gasteiger partial charge in [-0.15, -0.1) is 0 Å². The van der Waals surface area contributed by atoms with Crippen LogP contribution in [0.2, 0.25) is 10.0 Å². The number of hydrogen-bond acceptors (Lipinski definition) is 3. The molecule has 0 unspecified atom stereocenters. The van der Waals surface area contributed by atoms with Crippen molar-refractivity contribution in [3.05, 3.63) is 33.4 Å². The van der Waals surface area contributed by atoms with Crippen LogP contribution in [0.3, 0.4) is 0 Å². The van der Waals surface area contributed by atoms with Crippen molar-refractivity contribution in [3.8, 4) is 5.75 Å². The number of benzene rings is 1. The summed E-state index contributed by atoms with van der Waals surface area (Å²) >= 11 is 11.6. The molecule has 1 aromatic carbocycles. The Morgan fingerprint density at radius 3 is 2.63 bits per heavy atom. The van der Waals surface area contributed by atoms with E-state index in [2.05, 4.69) is 5.32 Å². The molecule has 100 valence electrons. The maximum Gasteiger partial charge on any atom is 0.328 e. The fraction of sp³-hybridized carbons (Fsp3) is 0.167. The number of amides is 3. The molecule has 1 saturated heterocycles. The standard InChI is InChI=1S/C12H10Cl2N2O3/c1-2-16-11(18)9(15-12(16)19)4-6-3-7(13)5-8(14)10(6)17/h3-5,17H,2H2,1H3,(H,15,19)/b9-4+. The van der Waals surface area contributed by atoms with Crippen LogP contribution < -0.4 is 5.32 Å². The summed E-state index contributed by atoms with van der Waals surface area (Å²) in [5, 5.41) is 12.6. The molecule has 7 heteroatoms. The molecule has 2 rings (SSSR count). The second-order valence-electron chi connectivity index (χ2n) is 3.86. The number of imide groups is 1. The first-order valence-corrected chi connectivity index (χ1v) is 6.22. The van der Waals surface area contributed by atoms with E-state index in [4.69, 9.17) is 23.2 Å². The Balaban J connectivity index is 2.43. The van der Waals surface area contributed by atoms with Crippen molar-refractivity contribution in [1.29, 1.82) is 0 Å². The van der Waals surface area contributed by atoms with Gasteiger partial charge in [-0.3, -0.25) is 9.69 Å². The van der Waals surface area contributed by atoms with Crippen LogP contribution in [0.5, 0.6) is 5.75 Å². The zero-order valence-electron chi connectivity index (χ0n) is 9.91. The van der Waals surface area contributed by atoms with Gasteiger partial charge in [-0.25, -0.2) is 4.79 Å². The Kier molecular flexibility index (Phi) is 3.68. The third kappa shape index (κ3) is 2.52. The predicted octanol–water partition coefficient (Wildman–Crippen LogP) is 2.61. The van der Waals surface area contributed by atoms with Crippen LogP contribution >= 0.6 is 23.2 Å². The molecule has 0 radical (unpaired) electrons. The van der Waals surface area contributed by atoms with E-state index in [1.165, 1.54) is 18.2 Å². The van der Waals surface area contributed by atoms with E-state index in [0.29, 0.717) is 5.02 Å². The van der Waals surface area contributed by atoms with Gasteiger partial charge in [-0.2, -0.15) is 0 Å². The molecule has 0 aliphatic carbocycles. The lowest BCUT2D eigenvalue weighted by Gasteiger charge is -2.06. The second-order valence-corrected chi connectivity index (χ2v) is 4.71. The zero-order chi connectivity index (χ0) is 14.2. The van der Waals surface area contributed by atoms with Crippen molar-refractivity contribution < 1.29 is 14.7 Å². The molecule has 0 saturated carbocycles. The van der Waals surface area contributed by atoms with Crippen molar-refractivity contribution in [3.63, 3.8) is 0 Å². The highest BCUT2D eigenvalue weighted by Crippen LogP contribution is 2.32. The van der Waals surface area contributed by atoms with Crippen LogP contribution in [0.25, 0.3) is 6.08 Å². The molecule has 19 heavy (non-hydrogen) atoms. The molecular weight excluding hydrogens is 291 g/mol. The highest BCUT2D eigenvalue weighted by atomic mass is 35.5. The number of carbonyl (C=O) groups is 2. The molecule has 0 aromatic heterocycles. The Bertz CT molecular complexity index is 599. The van der Waals surface area contributed by atoms with Crippen LogP contribution in [0.15, 0.2) is 17.8 Å². The molecule has 1 aliphatic rings. The average Bonchev–Trinajstić information content (AvgIpc) is 2.60. The largest absolute Gasteiger partial charge is 0.506 e. The van der Waals surface area contributed by atoms with Gasteiger partial charge in [0.05, 0.1) is 5.02 Å². The van der Waals surface area contributed by atoms with E-state index in [9.17, 15) is 14.7 Å². The van der Waals surface area contributed by atoms with Crippen molar-refractivity contribution in [1.82, 2.24) is 10.2 Å². The molecule has 1 heterocycles. The fourth-order valence-corrected chi connectivity index (χ4v) is 2.22. The number of likely N-dealkylation sites (N-methyl/N-ethyl adjacent to an activating group) is 1. The lowest BCUT2D eigenvalue weighted by atomic mass is 10.1. The first-order chi connectivity index (χ1) is 8.93. The van der Waals surface area contributed by atoms with Gasteiger partial charge in [-0.1, -0.05) is 23.2 Å². The summed E-state index contributed by atoms with van der Waals surface area (Å²) in [6, 6.07) is 2.34. The third-order valence-corrected chi connectivity index (χ3v) is 3.14. The number of hydrogen-bond donors (Lipinski definition) is 2. The van der Waals surface area contributed by atoms with Gasteiger partial charge in [0.2, 0.25) is 0 Å². The third-order valence-electron chi connectivity index (χ3n) is 2.64. The number of halogens is 2. The van der Waals surface area contributed by atoms with E-state index in [0.717, 1.165) is 4.90 Å². The predicted molar refractivity (Wildman–Crippen MR) is 72.0 cm³/mol. The molecule has 5 nitrogen and oxygen atoms in total. The Morgan fingerprint density at radius 2 is 2.05 bits per heavy atom. The summed E-state index contributed by atoms with van der Waals surface area (Å²) in [6.07, 6.45) is 1.34. The molecule has 0 atom stereocenters. The first kappa shape index (κ1) is 13.7. The molecule has 1 aromatic rings. The van der Waals surface area contributed by atoms with Crippen molar-refractivity contribution >= 4 is 41.2 Å². The maximum atomic E-state index is 11.9. The SMILES string of the molecule is CCN1C(=O)N/C(=C/c2cc(Cl)cc(Cl)c2O)C1=O. The molecular formula is C12H10Cl2N2O3. The highest BCUT2D eigenvalue weighted by Gasteiger charge is 2.32. The monoisotopic (exact) mass is 300 g/mol. The number of aromatic hydroxyl groups is 1. The summed E-state index contributed by atoms with van der Waals surface area (Å²) in [6.45, 7) is 1.96. The van der Waals surface area contributed by atoms with Gasteiger partial charge in [0.1, 0.15) is 11.4 Å². The molecule has 2 N–H and O–H groups in total. The Labute approximate surface area is 119 Å². The fourth-order valence-electron chi connectivity index (χ4n) is 1.71. The summed E-state index contributed by atoms with van der Waals surface area (Å²) < 4.78 is 0. The summed E-state index contributed by atoms with van der Waals surface area (Å²) in [5.41, 5.74) is 0.333. The number of nitrogens with one attached hydrogen (secondary N) is 1. The maximum absolute atomic E-state index is 11.9. The smallest absolute Gasteiger partial charge is 0.328 e. The number of phenols is 1. The van der Waals surface area contributed by atoms with Crippen molar-refractivity contribution in [2.45, 2.75) is 6.92 Å². The van der Waals surface area contributed by atoms with E-state index in [-0.39, 0.29) is 28.6 Å². The number of urea groups is 1. The van der Waals surface area contributed by atoms with E-state index in [1.54, 1.807) is 6.92 Å². The molecule has 0 spiro atoms. The lowest BCUT2D eigenvalue weighted by molar-refractivity contribution is -0.122. The minimum atomic E-state index is -0.494. The minimum Gasteiger partial charge on any atom is -0.506 e. The summed E-state index contributed by atoms with van der Waals surface area (Å²) in [7, 11) is 0. The first-order valence-electron chi connectivity index (χ1n) is 5.46. The van der Waals surface area contributed by atoms with Crippen LogP contribution in [0.4, 0.5) is 4.79 Å². The summed E-state index contributed by atoms with van der Waals surface area (Å²) in [4.78, 5) is 24.4. The van der Waals surface area contributed by atoms with Crippen molar-refractivity contribution in [2.75, 3.05) is 6.54 Å². The molecule has 1 fully saturated rings. The average molecular weight is 301 g/mol. The van der Waals surface area contributed by atoms with E-state index in [1.807, 2.05) is 0 Å². The van der Waals surface area contributed by atoms with Gasteiger partial charge in [0.25, 0.3) is 5.91 Å². The van der Waals surface area contributed by atoms with Crippen LogP contribution in [0.1, 0.15) is 12.5 Å². The lowest BCUT2D eigenvalue weighted by Crippen LogP contribution is -2.30. The quantitative estimate of drug-likeness (QED) is 0.651. The zero-order valence-corrected chi connectivity index (χ0v) is 11.4. The number of nitrogens with zero attached hydrogens (tertiary/aromatic N) is 1. The van der Waals surface area contributed by atoms with E-state index >= 15 is 0 Å². The highest BCUT2D eigenvalue weighted by molar-refractivity contribution is 6.36. The summed E-state index contributed by atoms with van der Waals surface area (Å²) in [5.74, 6) is -0.654. The van der Waals surface area contributed by atoms with Crippen LogP contribution in [-0.4, -0.2) is 28.5 Å². The molecule has 3 amide bonds. The molecule has 0 bridgehead atoms. The van der Waals surface area contributed by atoms with E-state index < -0.39 is 11.9 Å². The number of phenolic OH excluding ortho intramolecular Hbond substituents is 1. The van der Waals surface area contributed by atoms with Gasteiger partial charge < -0.3 is 10.4 Å². The molecule has 1 aliphatic heterocycles. The van der Waals surface area contributed by atoms with Crippen LogP contribution in [0, 0.1) is 0 Å². The van der Waals surface area contributed by atoms with Crippen LogP contribution in [-0.2, 0) is 4.79 Å². The Morgan fingerprint density at radius 1 is 1.37 bits per heavy atom. The van der Waals surface area contributed by atoms with Crippen molar-refractivity contribution in [2.24, 2.45) is 0 Å². The Hall–Kier alpha value is -1.72. The van der Waals surface area contributed by atoms with Gasteiger partial charge >= 0.3 is 6.03 Å². The van der Waals surface area contributed by atoms with Gasteiger partial charge in [0, 0.05) is 17.1 Å². The van der Waals surface area contributed by atoms with Gasteiger partial charge in [-0.05, 0) is 25.1 Å². The minimum absolute atomic E-state index is 0.0699. The number of carbonyl (C=O) groups excluding carboxylic acids is 2. The normalized spacial score (nSPS) is 17.2. The van der Waals surface area contributed by atoms with Gasteiger partial charge in [0.15, 0.2) is 0 Å². The second kappa shape index (κ2) is 5.11. The number of rotatable bonds is 2.